The number of rotatable bonds is 5. The number of carbonyl (C=O) groups excluding carboxylic acids is 3. The highest BCUT2D eigenvalue weighted by molar-refractivity contribution is 8.18. The number of imide groups is 1. The Hall–Kier alpha value is -3.06. The van der Waals surface area contributed by atoms with Crippen molar-refractivity contribution in [3.8, 4) is 5.75 Å². The van der Waals surface area contributed by atoms with E-state index >= 15 is 0 Å². The molecule has 0 radical (unpaired) electrons. The van der Waals surface area contributed by atoms with Gasteiger partial charge in [-0.2, -0.15) is 0 Å². The van der Waals surface area contributed by atoms with Crippen LogP contribution in [-0.4, -0.2) is 33.6 Å². The van der Waals surface area contributed by atoms with E-state index in [1.54, 1.807) is 30.3 Å². The maximum Gasteiger partial charge on any atom is 0.294 e. The molecular formula is C20H18N2O4S. The minimum Gasteiger partial charge on any atom is -0.508 e. The predicted molar refractivity (Wildman–Crippen MR) is 105 cm³/mol. The lowest BCUT2D eigenvalue weighted by Gasteiger charge is -2.12. The molecular weight excluding hydrogens is 364 g/mol. The minimum atomic E-state index is -0.505. The van der Waals surface area contributed by atoms with E-state index in [2.05, 4.69) is 5.32 Å². The summed E-state index contributed by atoms with van der Waals surface area (Å²) in [7, 11) is 0. The summed E-state index contributed by atoms with van der Waals surface area (Å²) >= 11 is 0.790. The number of anilines is 1. The smallest absolute Gasteiger partial charge is 0.294 e. The van der Waals surface area contributed by atoms with Crippen LogP contribution in [-0.2, 0) is 16.0 Å². The number of nitrogens with one attached hydrogen (secondary N) is 1. The second kappa shape index (κ2) is 8.09. The fourth-order valence-electron chi connectivity index (χ4n) is 2.53. The highest BCUT2D eigenvalue weighted by atomic mass is 32.2. The number of carbonyl (C=O) groups is 3. The van der Waals surface area contributed by atoms with Crippen LogP contribution in [0.15, 0.2) is 53.4 Å². The zero-order valence-electron chi connectivity index (χ0n) is 14.6. The van der Waals surface area contributed by atoms with Gasteiger partial charge in [0.2, 0.25) is 5.91 Å². The molecule has 2 aromatic rings. The summed E-state index contributed by atoms with van der Waals surface area (Å²) in [6.45, 7) is 1.70. The van der Waals surface area contributed by atoms with Crippen LogP contribution in [0.2, 0.25) is 0 Å². The minimum absolute atomic E-state index is 0.115. The van der Waals surface area contributed by atoms with Crippen molar-refractivity contribution in [1.29, 1.82) is 0 Å². The van der Waals surface area contributed by atoms with Gasteiger partial charge in [0.05, 0.1) is 4.91 Å². The largest absolute Gasteiger partial charge is 0.508 e. The summed E-state index contributed by atoms with van der Waals surface area (Å²) in [6.07, 6.45) is 2.46. The number of benzene rings is 2. The Morgan fingerprint density at radius 1 is 1.11 bits per heavy atom. The average molecular weight is 382 g/mol. The van der Waals surface area contributed by atoms with Gasteiger partial charge in [-0.15, -0.1) is 0 Å². The molecule has 0 aromatic heterocycles. The Morgan fingerprint density at radius 3 is 2.41 bits per heavy atom. The third kappa shape index (κ3) is 4.57. The summed E-state index contributed by atoms with van der Waals surface area (Å²) in [5.41, 5.74) is 2.45. The van der Waals surface area contributed by atoms with Crippen LogP contribution in [0, 0.1) is 0 Å². The van der Waals surface area contributed by atoms with E-state index < -0.39 is 17.1 Å². The molecule has 6 nitrogen and oxygen atoms in total. The molecule has 2 aromatic carbocycles. The molecule has 138 valence electrons. The number of phenolic OH excluding ortho intramolecular Hbond substituents is 1. The maximum absolute atomic E-state index is 12.4. The van der Waals surface area contributed by atoms with Gasteiger partial charge in [-0.05, 0) is 59.7 Å². The topological polar surface area (TPSA) is 86.7 Å². The molecule has 1 saturated heterocycles. The van der Waals surface area contributed by atoms with Crippen molar-refractivity contribution in [1.82, 2.24) is 4.90 Å². The summed E-state index contributed by atoms with van der Waals surface area (Å²) in [6, 6.07) is 13.7. The molecule has 0 spiro atoms. The standard InChI is InChI=1S/C20H18N2O4S/c1-2-13-3-7-15(8-4-13)21-18(24)12-22-19(25)17(27-20(22)26)11-14-5-9-16(23)10-6-14/h3-11,23H,2,12H2,1H3,(H,21,24)/b17-11+. The molecule has 27 heavy (non-hydrogen) atoms. The summed E-state index contributed by atoms with van der Waals surface area (Å²) in [5.74, 6) is -0.828. The van der Waals surface area contributed by atoms with Crippen molar-refractivity contribution >= 4 is 40.6 Å². The third-order valence-electron chi connectivity index (χ3n) is 4.01. The SMILES string of the molecule is CCc1ccc(NC(=O)CN2C(=O)S/C(=C/c3ccc(O)cc3)C2=O)cc1. The van der Waals surface area contributed by atoms with E-state index in [-0.39, 0.29) is 17.2 Å². The fourth-order valence-corrected chi connectivity index (χ4v) is 3.36. The van der Waals surface area contributed by atoms with Crippen LogP contribution >= 0.6 is 11.8 Å². The molecule has 1 aliphatic heterocycles. The maximum atomic E-state index is 12.4. The number of hydrogen-bond donors (Lipinski definition) is 2. The number of nitrogens with zero attached hydrogens (tertiary/aromatic N) is 1. The van der Waals surface area contributed by atoms with Crippen LogP contribution in [0.5, 0.6) is 5.75 Å². The van der Waals surface area contributed by atoms with Crippen LogP contribution in [0.3, 0.4) is 0 Å². The monoisotopic (exact) mass is 382 g/mol. The summed E-state index contributed by atoms with van der Waals surface area (Å²) in [5, 5.41) is 11.5. The molecule has 0 unspecified atom stereocenters. The highest BCUT2D eigenvalue weighted by Gasteiger charge is 2.36. The normalized spacial score (nSPS) is 15.4. The molecule has 1 heterocycles. The van der Waals surface area contributed by atoms with E-state index in [0.717, 1.165) is 28.6 Å². The van der Waals surface area contributed by atoms with E-state index in [0.29, 0.717) is 11.3 Å². The molecule has 7 heteroatoms. The van der Waals surface area contributed by atoms with E-state index in [9.17, 15) is 19.5 Å². The third-order valence-corrected chi connectivity index (χ3v) is 4.92. The molecule has 0 bridgehead atoms. The molecule has 0 saturated carbocycles. The van der Waals surface area contributed by atoms with Crippen molar-refractivity contribution in [2.75, 3.05) is 11.9 Å². The van der Waals surface area contributed by atoms with Gasteiger partial charge in [0.15, 0.2) is 0 Å². The van der Waals surface area contributed by atoms with Crippen molar-refractivity contribution in [2.45, 2.75) is 13.3 Å². The van der Waals surface area contributed by atoms with Gasteiger partial charge in [0.1, 0.15) is 12.3 Å². The number of thioether (sulfide) groups is 1. The number of aromatic hydroxyl groups is 1. The van der Waals surface area contributed by atoms with Gasteiger partial charge in [0.25, 0.3) is 11.1 Å². The Kier molecular flexibility index (Phi) is 5.61. The molecule has 0 atom stereocenters. The molecule has 2 N–H and O–H groups in total. The quantitative estimate of drug-likeness (QED) is 0.771. The van der Waals surface area contributed by atoms with Gasteiger partial charge in [-0.25, -0.2) is 0 Å². The Morgan fingerprint density at radius 2 is 1.78 bits per heavy atom. The number of phenols is 1. The molecule has 3 rings (SSSR count). The highest BCUT2D eigenvalue weighted by Crippen LogP contribution is 2.32. The first kappa shape index (κ1) is 18.7. The lowest BCUT2D eigenvalue weighted by molar-refractivity contribution is -0.127. The van der Waals surface area contributed by atoms with Crippen LogP contribution in [0.25, 0.3) is 6.08 Å². The fraction of sp³-hybridized carbons (Fsp3) is 0.150. The number of hydrogen-bond acceptors (Lipinski definition) is 5. The zero-order valence-corrected chi connectivity index (χ0v) is 15.5. The lowest BCUT2D eigenvalue weighted by Crippen LogP contribution is -2.36. The van der Waals surface area contributed by atoms with Gasteiger partial charge in [-0.1, -0.05) is 31.2 Å². The Bertz CT molecular complexity index is 905. The van der Waals surface area contributed by atoms with Crippen molar-refractivity contribution in [3.63, 3.8) is 0 Å². The van der Waals surface area contributed by atoms with Gasteiger partial charge in [0, 0.05) is 5.69 Å². The second-order valence-corrected chi connectivity index (χ2v) is 6.95. The molecule has 0 aliphatic carbocycles. The first-order valence-corrected chi connectivity index (χ1v) is 9.21. The molecule has 1 fully saturated rings. The van der Waals surface area contributed by atoms with Crippen LogP contribution in [0.1, 0.15) is 18.1 Å². The summed E-state index contributed by atoms with van der Waals surface area (Å²) < 4.78 is 0. The lowest BCUT2D eigenvalue weighted by atomic mass is 10.1. The first-order valence-electron chi connectivity index (χ1n) is 8.39. The van der Waals surface area contributed by atoms with Gasteiger partial charge >= 0.3 is 0 Å². The van der Waals surface area contributed by atoms with Crippen LogP contribution < -0.4 is 5.32 Å². The van der Waals surface area contributed by atoms with E-state index in [1.807, 2.05) is 19.1 Å². The van der Waals surface area contributed by atoms with Crippen molar-refractivity contribution in [3.05, 3.63) is 64.6 Å². The molecule has 1 aliphatic rings. The Labute approximate surface area is 160 Å². The molecule has 3 amide bonds. The van der Waals surface area contributed by atoms with Gasteiger partial charge in [-0.3, -0.25) is 19.3 Å². The first-order chi connectivity index (χ1) is 13.0. The van der Waals surface area contributed by atoms with Crippen molar-refractivity contribution in [2.24, 2.45) is 0 Å². The number of amides is 3. The van der Waals surface area contributed by atoms with Crippen LogP contribution in [0.4, 0.5) is 10.5 Å². The summed E-state index contributed by atoms with van der Waals surface area (Å²) in [4.78, 5) is 37.9. The van der Waals surface area contributed by atoms with Crippen molar-refractivity contribution < 1.29 is 19.5 Å². The van der Waals surface area contributed by atoms with Gasteiger partial charge < -0.3 is 10.4 Å². The zero-order chi connectivity index (χ0) is 19.4. The second-order valence-electron chi connectivity index (χ2n) is 5.96. The average Bonchev–Trinajstić information content (AvgIpc) is 2.91. The number of aryl methyl sites for hydroxylation is 1. The van der Waals surface area contributed by atoms with E-state index in [4.69, 9.17) is 0 Å². The Balaban J connectivity index is 1.65. The predicted octanol–water partition coefficient (Wildman–Crippen LogP) is 3.63. The van der Waals surface area contributed by atoms with E-state index in [1.165, 1.54) is 12.1 Å².